The normalized spacial score (nSPS) is 17.1. The minimum Gasteiger partial charge on any atom is -0.330 e. The van der Waals surface area contributed by atoms with Crippen LogP contribution in [0.5, 0.6) is 0 Å². The van der Waals surface area contributed by atoms with E-state index in [-0.39, 0.29) is 6.04 Å². The highest BCUT2D eigenvalue weighted by Gasteiger charge is 2.31. The van der Waals surface area contributed by atoms with Crippen LogP contribution in [0.15, 0.2) is 57.9 Å². The molecule has 2 N–H and O–H groups in total. The number of sulfonamides is 1. The molecule has 31 heavy (non-hydrogen) atoms. The molecule has 0 saturated carbocycles. The van der Waals surface area contributed by atoms with Gasteiger partial charge in [-0.05, 0) is 43.8 Å². The summed E-state index contributed by atoms with van der Waals surface area (Å²) < 4.78 is 28.3. The molecular weight excluding hydrogens is 478 g/mol. The van der Waals surface area contributed by atoms with Crippen LogP contribution in [0.25, 0.3) is 10.9 Å². The second kappa shape index (κ2) is 9.30. The molecule has 2 aromatic carbocycles. The molecule has 2 heterocycles. The molecule has 0 radical (unpaired) electrons. The first-order valence-corrected chi connectivity index (χ1v) is 12.6. The molecule has 1 aliphatic heterocycles. The Hall–Kier alpha value is -1.91. The van der Waals surface area contributed by atoms with Crippen molar-refractivity contribution < 1.29 is 8.42 Å². The Bertz CT molecular complexity index is 1160. The zero-order chi connectivity index (χ0) is 22.0. The smallest absolute Gasteiger partial charge is 0.243 e. The van der Waals surface area contributed by atoms with E-state index in [0.717, 1.165) is 26.9 Å². The lowest BCUT2D eigenvalue weighted by atomic mass is 10.1. The number of rotatable bonds is 6. The Morgan fingerprint density at radius 3 is 2.39 bits per heavy atom. The third kappa shape index (κ3) is 4.65. The van der Waals surface area contributed by atoms with Crippen LogP contribution in [0.3, 0.4) is 0 Å². The summed E-state index contributed by atoms with van der Waals surface area (Å²) in [6, 6.07) is 14.7. The Labute approximate surface area is 191 Å². The van der Waals surface area contributed by atoms with Crippen LogP contribution >= 0.6 is 15.9 Å². The summed E-state index contributed by atoms with van der Waals surface area (Å²) in [5, 5.41) is 1.04. The quantitative estimate of drug-likeness (QED) is 0.555. The fourth-order valence-corrected chi connectivity index (χ4v) is 5.61. The maximum Gasteiger partial charge on any atom is 0.243 e. The molecule has 0 aliphatic carbocycles. The minimum absolute atomic E-state index is 0.0151. The average Bonchev–Trinajstić information content (AvgIpc) is 2.79. The van der Waals surface area contributed by atoms with Crippen molar-refractivity contribution in [3.63, 3.8) is 0 Å². The molecule has 1 aliphatic rings. The van der Waals surface area contributed by atoms with Crippen LogP contribution in [-0.4, -0.2) is 60.3 Å². The maximum absolute atomic E-state index is 13.0. The number of fused-ring (bicyclic) bond motifs is 1. The molecule has 1 saturated heterocycles. The fourth-order valence-electron chi connectivity index (χ4n) is 3.93. The number of nitrogens with zero attached hydrogens (tertiary/aromatic N) is 4. The van der Waals surface area contributed by atoms with Gasteiger partial charge < -0.3 is 5.73 Å². The van der Waals surface area contributed by atoms with E-state index in [4.69, 9.17) is 15.7 Å². The number of para-hydroxylation sites is 1. The number of halogens is 1. The molecule has 1 atom stereocenters. The van der Waals surface area contributed by atoms with E-state index >= 15 is 0 Å². The van der Waals surface area contributed by atoms with Gasteiger partial charge >= 0.3 is 0 Å². The van der Waals surface area contributed by atoms with E-state index in [1.807, 2.05) is 24.3 Å². The van der Waals surface area contributed by atoms with Crippen LogP contribution < -0.4 is 5.73 Å². The maximum atomic E-state index is 13.0. The molecular formula is C22H26BrN5O2S. The first kappa shape index (κ1) is 22.3. The summed E-state index contributed by atoms with van der Waals surface area (Å²) in [5.74, 6) is 0.756. The molecule has 0 bridgehead atoms. The fraction of sp³-hybridized carbons (Fsp3) is 0.364. The predicted octanol–water partition coefficient (Wildman–Crippen LogP) is 2.96. The van der Waals surface area contributed by atoms with Crippen molar-refractivity contribution in [1.29, 1.82) is 0 Å². The van der Waals surface area contributed by atoms with Gasteiger partial charge in [-0.2, -0.15) is 4.31 Å². The van der Waals surface area contributed by atoms with Crippen LogP contribution in [0.1, 0.15) is 24.5 Å². The van der Waals surface area contributed by atoms with Gasteiger partial charge in [-0.15, -0.1) is 0 Å². The molecule has 1 unspecified atom stereocenters. The van der Waals surface area contributed by atoms with Gasteiger partial charge in [0.2, 0.25) is 10.0 Å². The Balaban J connectivity index is 1.50. The number of hydrogen-bond donors (Lipinski definition) is 1. The van der Waals surface area contributed by atoms with Gasteiger partial charge in [-0.1, -0.05) is 34.1 Å². The number of aromatic nitrogens is 2. The summed E-state index contributed by atoms with van der Waals surface area (Å²) in [6.45, 7) is 4.73. The van der Waals surface area contributed by atoms with Crippen molar-refractivity contribution in [2.75, 3.05) is 32.7 Å². The summed E-state index contributed by atoms with van der Waals surface area (Å²) in [7, 11) is -3.49. The predicted molar refractivity (Wildman–Crippen MR) is 125 cm³/mol. The highest BCUT2D eigenvalue weighted by molar-refractivity contribution is 9.10. The van der Waals surface area contributed by atoms with Crippen molar-refractivity contribution in [2.45, 2.75) is 24.3 Å². The average molecular weight is 504 g/mol. The second-order valence-electron chi connectivity index (χ2n) is 7.65. The van der Waals surface area contributed by atoms with Gasteiger partial charge in [0.05, 0.1) is 22.1 Å². The highest BCUT2D eigenvalue weighted by Crippen LogP contribution is 2.25. The van der Waals surface area contributed by atoms with Crippen molar-refractivity contribution in [2.24, 2.45) is 5.73 Å². The van der Waals surface area contributed by atoms with Crippen LogP contribution in [0.4, 0.5) is 0 Å². The molecule has 4 rings (SSSR count). The number of piperazine rings is 1. The largest absolute Gasteiger partial charge is 0.330 e. The lowest BCUT2D eigenvalue weighted by Crippen LogP contribution is -2.49. The third-order valence-electron chi connectivity index (χ3n) is 5.73. The van der Waals surface area contributed by atoms with E-state index < -0.39 is 10.0 Å². The number of hydrogen-bond acceptors (Lipinski definition) is 6. The van der Waals surface area contributed by atoms with Gasteiger partial charge in [-0.3, -0.25) is 4.90 Å². The Morgan fingerprint density at radius 1 is 1.03 bits per heavy atom. The van der Waals surface area contributed by atoms with Crippen molar-refractivity contribution in [1.82, 2.24) is 19.2 Å². The minimum atomic E-state index is -3.49. The molecule has 1 aromatic heterocycles. The summed E-state index contributed by atoms with van der Waals surface area (Å²) in [6.07, 6.45) is 0.696. The van der Waals surface area contributed by atoms with E-state index in [1.165, 1.54) is 0 Å². The topological polar surface area (TPSA) is 92.4 Å². The molecule has 1 fully saturated rings. The highest BCUT2D eigenvalue weighted by atomic mass is 79.9. The monoisotopic (exact) mass is 503 g/mol. The molecule has 164 valence electrons. The van der Waals surface area contributed by atoms with Gasteiger partial charge in [0.15, 0.2) is 0 Å². The van der Waals surface area contributed by atoms with E-state index in [0.29, 0.717) is 44.0 Å². The van der Waals surface area contributed by atoms with Crippen LogP contribution in [0.2, 0.25) is 0 Å². The summed E-state index contributed by atoms with van der Waals surface area (Å²) in [5.41, 5.74) is 7.68. The van der Waals surface area contributed by atoms with E-state index in [2.05, 4.69) is 27.8 Å². The van der Waals surface area contributed by atoms with Crippen molar-refractivity contribution in [3.8, 4) is 0 Å². The van der Waals surface area contributed by atoms with Crippen LogP contribution in [0, 0.1) is 0 Å². The molecule has 3 aromatic rings. The zero-order valence-electron chi connectivity index (χ0n) is 17.4. The van der Waals surface area contributed by atoms with Crippen molar-refractivity contribution in [3.05, 3.63) is 64.5 Å². The number of nitrogens with two attached hydrogens (primary N) is 1. The van der Waals surface area contributed by atoms with Crippen LogP contribution in [-0.2, 0) is 16.4 Å². The SMILES string of the molecule is CC(c1nc(CCN)c2ccccc2n1)N1CCN(S(=O)(=O)c2ccc(Br)cc2)CC1. The summed E-state index contributed by atoms with van der Waals surface area (Å²) in [4.78, 5) is 12.2. The molecule has 0 spiro atoms. The number of benzene rings is 2. The first-order valence-electron chi connectivity index (χ1n) is 10.4. The molecule has 7 nitrogen and oxygen atoms in total. The van der Waals surface area contributed by atoms with E-state index in [1.54, 1.807) is 28.6 Å². The first-order chi connectivity index (χ1) is 14.9. The zero-order valence-corrected chi connectivity index (χ0v) is 19.8. The molecule has 0 amide bonds. The van der Waals surface area contributed by atoms with Gasteiger partial charge in [-0.25, -0.2) is 18.4 Å². The third-order valence-corrected chi connectivity index (χ3v) is 8.17. The van der Waals surface area contributed by atoms with Crippen molar-refractivity contribution >= 4 is 36.9 Å². The van der Waals surface area contributed by atoms with Gasteiger partial charge in [0.1, 0.15) is 5.82 Å². The summed E-state index contributed by atoms with van der Waals surface area (Å²) >= 11 is 3.35. The molecule has 9 heteroatoms. The van der Waals surface area contributed by atoms with Gasteiger partial charge in [0, 0.05) is 42.5 Å². The van der Waals surface area contributed by atoms with E-state index in [9.17, 15) is 8.42 Å². The standard InChI is InChI=1S/C22H26BrN5O2S/c1-16(22-25-20-5-3-2-4-19(20)21(26-22)10-11-24)27-12-14-28(15-13-27)31(29,30)18-8-6-17(23)7-9-18/h2-9,16H,10-15,24H2,1H3. The lowest BCUT2D eigenvalue weighted by Gasteiger charge is -2.36. The Kier molecular flexibility index (Phi) is 6.68. The Morgan fingerprint density at radius 2 is 1.71 bits per heavy atom. The second-order valence-corrected chi connectivity index (χ2v) is 10.5. The lowest BCUT2D eigenvalue weighted by molar-refractivity contribution is 0.141. The van der Waals surface area contributed by atoms with Gasteiger partial charge in [0.25, 0.3) is 0 Å².